The number of Topliss-reactive ketones (excluding diaryl/α,β-unsaturated/α-hetero) is 1. The minimum atomic E-state index is -0.0301. The molecule has 2 aromatic carbocycles. The summed E-state index contributed by atoms with van der Waals surface area (Å²) in [6, 6.07) is 18.8. The third-order valence-corrected chi connectivity index (χ3v) is 4.47. The molecule has 0 aliphatic carbocycles. The summed E-state index contributed by atoms with van der Waals surface area (Å²) in [6.07, 6.45) is 3.69. The first-order valence-electron chi connectivity index (χ1n) is 7.80. The van der Waals surface area contributed by atoms with Crippen LogP contribution in [0.2, 0.25) is 10.0 Å². The number of hydrogen-bond donors (Lipinski definition) is 0. The zero-order valence-electron chi connectivity index (χ0n) is 13.4. The van der Waals surface area contributed by atoms with Gasteiger partial charge in [-0.1, -0.05) is 53.5 Å². The number of halogens is 2. The van der Waals surface area contributed by atoms with E-state index in [9.17, 15) is 4.79 Å². The third kappa shape index (κ3) is 4.81. The summed E-state index contributed by atoms with van der Waals surface area (Å²) in [4.78, 5) is 16.9. The molecule has 0 radical (unpaired) electrons. The third-order valence-electron chi connectivity index (χ3n) is 3.73. The van der Waals surface area contributed by atoms with Gasteiger partial charge in [-0.05, 0) is 35.9 Å². The summed E-state index contributed by atoms with van der Waals surface area (Å²) >= 11 is 11.8. The van der Waals surface area contributed by atoms with Crippen molar-refractivity contribution in [3.8, 4) is 0 Å². The number of rotatable bonds is 5. The van der Waals surface area contributed by atoms with Crippen molar-refractivity contribution in [2.75, 3.05) is 0 Å². The van der Waals surface area contributed by atoms with E-state index in [1.807, 2.05) is 59.4 Å². The van der Waals surface area contributed by atoms with Crippen LogP contribution in [0.1, 0.15) is 15.9 Å². The van der Waals surface area contributed by atoms with Gasteiger partial charge < -0.3 is 4.57 Å². The molecule has 0 aliphatic rings. The molecule has 3 rings (SSSR count). The van der Waals surface area contributed by atoms with Gasteiger partial charge in [-0.15, -0.1) is 0 Å². The molecule has 0 fully saturated rings. The van der Waals surface area contributed by atoms with Gasteiger partial charge in [0.25, 0.3) is 0 Å². The van der Waals surface area contributed by atoms with E-state index in [4.69, 9.17) is 23.2 Å². The molecule has 3 aromatic rings. The first kappa shape index (κ1) is 17.5. The Labute approximate surface area is 156 Å². The highest BCUT2D eigenvalue weighted by Gasteiger charge is 2.08. The average Bonchev–Trinajstić information content (AvgIpc) is 2.64. The molecule has 0 unspecified atom stereocenters. The highest BCUT2D eigenvalue weighted by atomic mass is 35.5. The second-order valence-corrected chi connectivity index (χ2v) is 6.40. The monoisotopic (exact) mass is 370 g/mol. The summed E-state index contributed by atoms with van der Waals surface area (Å²) in [6.45, 7) is 0.865. The van der Waals surface area contributed by atoms with E-state index in [0.29, 0.717) is 22.2 Å². The topological polar surface area (TPSA) is 34.4 Å². The number of nitrogens with zero attached hydrogens (tertiary/aromatic N) is 2. The fraction of sp³-hybridized carbons (Fsp3) is 0.100. The summed E-state index contributed by atoms with van der Waals surface area (Å²) in [7, 11) is 0. The number of ketones is 1. The largest absolute Gasteiger partial charge is 0.346 e. The Balaban J connectivity index is 1.67. The molecule has 0 bridgehead atoms. The van der Waals surface area contributed by atoms with Crippen LogP contribution in [0.15, 0.2) is 78.0 Å². The Morgan fingerprint density at radius 1 is 0.920 bits per heavy atom. The molecule has 3 nitrogen and oxygen atoms in total. The van der Waals surface area contributed by atoms with Crippen LogP contribution in [-0.4, -0.2) is 10.4 Å². The van der Waals surface area contributed by atoms with Crippen molar-refractivity contribution in [1.82, 2.24) is 4.57 Å². The zero-order valence-corrected chi connectivity index (χ0v) is 14.9. The highest BCUT2D eigenvalue weighted by Crippen LogP contribution is 2.22. The van der Waals surface area contributed by atoms with E-state index in [2.05, 4.69) is 4.99 Å². The van der Waals surface area contributed by atoms with Crippen molar-refractivity contribution in [3.63, 3.8) is 0 Å². The van der Waals surface area contributed by atoms with Crippen molar-refractivity contribution in [2.24, 2.45) is 4.99 Å². The lowest BCUT2D eigenvalue weighted by Crippen LogP contribution is -2.12. The second kappa shape index (κ2) is 8.15. The summed E-state index contributed by atoms with van der Waals surface area (Å²) in [5.41, 5.74) is 1.70. The molecule has 5 heteroatoms. The van der Waals surface area contributed by atoms with Gasteiger partial charge in [0.1, 0.15) is 0 Å². The van der Waals surface area contributed by atoms with Gasteiger partial charge in [0.2, 0.25) is 0 Å². The minimum Gasteiger partial charge on any atom is -0.346 e. The van der Waals surface area contributed by atoms with E-state index < -0.39 is 0 Å². The van der Waals surface area contributed by atoms with Gasteiger partial charge in [-0.3, -0.25) is 9.79 Å². The molecular weight excluding hydrogens is 355 g/mol. The van der Waals surface area contributed by atoms with Gasteiger partial charge in [0, 0.05) is 18.0 Å². The van der Waals surface area contributed by atoms with Crippen molar-refractivity contribution >= 4 is 29.0 Å². The lowest BCUT2D eigenvalue weighted by Gasteiger charge is -2.06. The molecule has 0 atom stereocenters. The predicted molar refractivity (Wildman–Crippen MR) is 101 cm³/mol. The van der Waals surface area contributed by atoms with Crippen LogP contribution in [0.4, 0.5) is 0 Å². The minimum absolute atomic E-state index is 0.0301. The first-order valence-corrected chi connectivity index (χ1v) is 8.56. The predicted octanol–water partition coefficient (Wildman–Crippen LogP) is 4.78. The number of hydrogen-bond acceptors (Lipinski definition) is 2. The Bertz CT molecular complexity index is 929. The van der Waals surface area contributed by atoms with Gasteiger partial charge in [0.05, 0.1) is 28.5 Å². The van der Waals surface area contributed by atoms with Crippen LogP contribution in [0.5, 0.6) is 0 Å². The normalized spacial score (nSPS) is 10.5. The van der Waals surface area contributed by atoms with Gasteiger partial charge in [-0.2, -0.15) is 0 Å². The van der Waals surface area contributed by atoms with E-state index in [0.717, 1.165) is 10.9 Å². The molecule has 0 N–H and O–H groups in total. The second-order valence-electron chi connectivity index (χ2n) is 5.58. The quantitative estimate of drug-likeness (QED) is 0.595. The Morgan fingerprint density at radius 2 is 1.64 bits per heavy atom. The van der Waals surface area contributed by atoms with Crippen LogP contribution in [0.25, 0.3) is 0 Å². The van der Waals surface area contributed by atoms with E-state index >= 15 is 0 Å². The molecule has 1 heterocycles. The lowest BCUT2D eigenvalue weighted by molar-refractivity contribution is 0.0972. The van der Waals surface area contributed by atoms with Crippen LogP contribution < -0.4 is 5.36 Å². The van der Waals surface area contributed by atoms with E-state index in [-0.39, 0.29) is 12.3 Å². The molecule has 126 valence electrons. The number of benzene rings is 2. The van der Waals surface area contributed by atoms with E-state index in [1.54, 1.807) is 18.2 Å². The highest BCUT2D eigenvalue weighted by molar-refractivity contribution is 6.42. The van der Waals surface area contributed by atoms with E-state index in [1.165, 1.54) is 0 Å². The van der Waals surface area contributed by atoms with Crippen LogP contribution >= 0.6 is 23.2 Å². The van der Waals surface area contributed by atoms with Crippen LogP contribution in [-0.2, 0) is 13.1 Å². The number of aromatic nitrogens is 1. The standard InChI is InChI=1S/C20H16Cl2N2O/c21-18-7-6-16(12-19(18)22)20(25)14-24-10-8-17(9-11-24)23-13-15-4-2-1-3-5-15/h1-12H,13-14H2. The Morgan fingerprint density at radius 3 is 2.32 bits per heavy atom. The number of pyridine rings is 1. The first-order chi connectivity index (χ1) is 12.1. The molecule has 0 saturated heterocycles. The van der Waals surface area contributed by atoms with Crippen LogP contribution in [0.3, 0.4) is 0 Å². The fourth-order valence-electron chi connectivity index (χ4n) is 2.35. The van der Waals surface area contributed by atoms with Crippen molar-refractivity contribution in [3.05, 3.63) is 99.6 Å². The van der Waals surface area contributed by atoms with Crippen LogP contribution in [0, 0.1) is 0 Å². The maximum atomic E-state index is 12.3. The number of carbonyl (C=O) groups is 1. The summed E-state index contributed by atoms with van der Waals surface area (Å²) in [5, 5.41) is 1.70. The molecule has 1 aromatic heterocycles. The summed E-state index contributed by atoms with van der Waals surface area (Å²) in [5.74, 6) is -0.0301. The lowest BCUT2D eigenvalue weighted by atomic mass is 10.1. The zero-order chi connectivity index (χ0) is 17.6. The van der Waals surface area contributed by atoms with Crippen molar-refractivity contribution in [2.45, 2.75) is 13.1 Å². The molecule has 0 amide bonds. The molecular formula is C20H16Cl2N2O. The maximum Gasteiger partial charge on any atom is 0.182 e. The van der Waals surface area contributed by atoms with Gasteiger partial charge in [-0.25, -0.2) is 0 Å². The average molecular weight is 371 g/mol. The smallest absolute Gasteiger partial charge is 0.182 e. The SMILES string of the molecule is O=C(Cn1ccc(=NCc2ccccc2)cc1)c1ccc(Cl)c(Cl)c1. The maximum absolute atomic E-state index is 12.3. The van der Waals surface area contributed by atoms with Gasteiger partial charge >= 0.3 is 0 Å². The Hall–Kier alpha value is -2.36. The van der Waals surface area contributed by atoms with Crippen molar-refractivity contribution < 1.29 is 4.79 Å². The van der Waals surface area contributed by atoms with Gasteiger partial charge in [0.15, 0.2) is 5.78 Å². The Kier molecular flexibility index (Phi) is 5.69. The number of carbonyl (C=O) groups excluding carboxylic acids is 1. The molecule has 0 spiro atoms. The summed E-state index contributed by atoms with van der Waals surface area (Å²) < 4.78 is 1.81. The van der Waals surface area contributed by atoms with Crippen molar-refractivity contribution in [1.29, 1.82) is 0 Å². The fourth-order valence-corrected chi connectivity index (χ4v) is 2.65. The molecule has 0 saturated carbocycles. The molecule has 0 aliphatic heterocycles. The molecule has 25 heavy (non-hydrogen) atoms.